The molecule has 0 spiro atoms. The highest BCUT2D eigenvalue weighted by molar-refractivity contribution is 6.31. The summed E-state index contributed by atoms with van der Waals surface area (Å²) < 4.78 is 5.41. The molecular weight excluding hydrogens is 366 g/mol. The average molecular weight is 392 g/mol. The van der Waals surface area contributed by atoms with Crippen LogP contribution in [0.1, 0.15) is 57.1 Å². The van der Waals surface area contributed by atoms with Gasteiger partial charge in [-0.2, -0.15) is 0 Å². The van der Waals surface area contributed by atoms with Crippen molar-refractivity contribution in [2.75, 3.05) is 6.61 Å². The third kappa shape index (κ3) is 3.59. The molecule has 6 heteroatoms. The van der Waals surface area contributed by atoms with Gasteiger partial charge in [-0.15, -0.1) is 0 Å². The number of benzene rings is 1. The van der Waals surface area contributed by atoms with Gasteiger partial charge in [-0.1, -0.05) is 29.8 Å². The van der Waals surface area contributed by atoms with E-state index in [1.165, 1.54) is 0 Å². The lowest BCUT2D eigenvalue weighted by Gasteiger charge is -2.58. The van der Waals surface area contributed by atoms with Crippen molar-refractivity contribution in [2.45, 2.75) is 57.1 Å². The van der Waals surface area contributed by atoms with E-state index in [1.54, 1.807) is 6.07 Å². The first-order valence-electron chi connectivity index (χ1n) is 9.72. The Morgan fingerprint density at radius 2 is 1.93 bits per heavy atom. The first-order chi connectivity index (χ1) is 12.8. The number of hydrogen-bond acceptors (Lipinski definition) is 4. The second kappa shape index (κ2) is 6.78. The van der Waals surface area contributed by atoms with Crippen LogP contribution >= 0.6 is 11.6 Å². The van der Waals surface area contributed by atoms with Crippen LogP contribution < -0.4 is 5.32 Å². The normalized spacial score (nSPS) is 34.9. The van der Waals surface area contributed by atoms with Crippen LogP contribution in [0.4, 0.5) is 0 Å². The topological polar surface area (TPSA) is 75.6 Å². The summed E-state index contributed by atoms with van der Waals surface area (Å²) in [5.41, 5.74) is -0.501. The number of ether oxygens (including phenoxy) is 1. The molecule has 2 N–H and O–H groups in total. The maximum absolute atomic E-state index is 12.8. The molecule has 4 aliphatic carbocycles. The number of amides is 1. The van der Waals surface area contributed by atoms with E-state index < -0.39 is 11.0 Å². The van der Waals surface area contributed by atoms with Crippen LogP contribution in [0.25, 0.3) is 0 Å². The monoisotopic (exact) mass is 391 g/mol. The zero-order valence-electron chi connectivity index (χ0n) is 15.5. The minimum atomic E-state index is -0.718. The molecule has 5 rings (SSSR count). The number of aliphatic hydroxyl groups is 1. The van der Waals surface area contributed by atoms with E-state index >= 15 is 0 Å². The van der Waals surface area contributed by atoms with E-state index in [1.807, 2.05) is 25.1 Å². The summed E-state index contributed by atoms with van der Waals surface area (Å²) in [5.74, 6) is 0.130. The number of halogens is 1. The molecule has 1 aromatic rings. The molecule has 0 heterocycles. The highest BCUT2D eigenvalue weighted by Crippen LogP contribution is 2.61. The predicted molar refractivity (Wildman–Crippen MR) is 101 cm³/mol. The molecule has 0 radical (unpaired) electrons. The maximum Gasteiger partial charge on any atom is 0.312 e. The number of esters is 1. The fraction of sp³-hybridized carbons (Fsp3) is 0.619. The SMILES string of the molecule is C[C@H](NC(=O)COC(=O)C12C[C@@H]3C[C@@H](CC(O)(C3)C1)C2)c1ccccc1Cl. The lowest BCUT2D eigenvalue weighted by Crippen LogP contribution is -2.58. The molecule has 4 saturated carbocycles. The number of carbonyl (C=O) groups excluding carboxylic acids is 2. The highest BCUT2D eigenvalue weighted by atomic mass is 35.5. The highest BCUT2D eigenvalue weighted by Gasteiger charge is 2.60. The van der Waals surface area contributed by atoms with Crippen LogP contribution in [0.2, 0.25) is 5.02 Å². The first-order valence-corrected chi connectivity index (χ1v) is 10.1. The molecule has 146 valence electrons. The molecule has 4 aliphatic rings. The summed E-state index contributed by atoms with van der Waals surface area (Å²) >= 11 is 6.16. The van der Waals surface area contributed by atoms with Crippen LogP contribution in [0.15, 0.2) is 24.3 Å². The largest absolute Gasteiger partial charge is 0.455 e. The quantitative estimate of drug-likeness (QED) is 0.754. The number of hydrogen-bond donors (Lipinski definition) is 2. The van der Waals surface area contributed by atoms with Gasteiger partial charge in [0.1, 0.15) is 0 Å². The van der Waals surface area contributed by atoms with E-state index in [0.29, 0.717) is 23.3 Å². The van der Waals surface area contributed by atoms with Gasteiger partial charge in [0, 0.05) is 5.02 Å². The van der Waals surface area contributed by atoms with Gasteiger partial charge < -0.3 is 15.2 Å². The van der Waals surface area contributed by atoms with Gasteiger partial charge in [0.15, 0.2) is 6.61 Å². The van der Waals surface area contributed by atoms with Gasteiger partial charge in [0.05, 0.1) is 17.1 Å². The molecule has 4 bridgehead atoms. The van der Waals surface area contributed by atoms with Crippen molar-refractivity contribution >= 4 is 23.5 Å². The summed E-state index contributed by atoms with van der Waals surface area (Å²) in [4.78, 5) is 25.1. The Balaban J connectivity index is 1.34. The van der Waals surface area contributed by atoms with Gasteiger partial charge in [0.25, 0.3) is 5.91 Å². The molecule has 5 atom stereocenters. The Morgan fingerprint density at radius 1 is 1.26 bits per heavy atom. The fourth-order valence-corrected chi connectivity index (χ4v) is 6.22. The smallest absolute Gasteiger partial charge is 0.312 e. The standard InChI is InChI=1S/C21H26ClNO4/c1-13(16-4-2-3-5-17(16)22)23-18(24)11-27-19(25)20-7-14-6-15(8-20)10-21(26,9-14)12-20/h2-5,13-15,26H,6-12H2,1H3,(H,23,24)/t13-,14-,15+,20?,21?/m0/s1. The van der Waals surface area contributed by atoms with Crippen molar-refractivity contribution < 1.29 is 19.4 Å². The fourth-order valence-electron chi connectivity index (χ4n) is 5.92. The summed E-state index contributed by atoms with van der Waals surface area (Å²) in [6, 6.07) is 7.06. The van der Waals surface area contributed by atoms with Crippen molar-refractivity contribution in [1.29, 1.82) is 0 Å². The molecule has 2 unspecified atom stereocenters. The molecular formula is C21H26ClNO4. The third-order valence-electron chi connectivity index (χ3n) is 6.55. The van der Waals surface area contributed by atoms with Crippen LogP contribution in [0.5, 0.6) is 0 Å². The van der Waals surface area contributed by atoms with Crippen LogP contribution in [0.3, 0.4) is 0 Å². The minimum Gasteiger partial charge on any atom is -0.455 e. The van der Waals surface area contributed by atoms with Gasteiger partial charge in [-0.3, -0.25) is 9.59 Å². The van der Waals surface area contributed by atoms with Gasteiger partial charge in [-0.05, 0) is 68.9 Å². The van der Waals surface area contributed by atoms with E-state index in [4.69, 9.17) is 16.3 Å². The summed E-state index contributed by atoms with van der Waals surface area (Å²) in [6.45, 7) is 1.54. The summed E-state index contributed by atoms with van der Waals surface area (Å²) in [5, 5.41) is 14.2. The molecule has 1 aromatic carbocycles. The Labute approximate surface area is 164 Å². The Morgan fingerprint density at radius 3 is 2.56 bits per heavy atom. The molecule has 27 heavy (non-hydrogen) atoms. The molecule has 0 saturated heterocycles. The van der Waals surface area contributed by atoms with Crippen molar-refractivity contribution in [3.05, 3.63) is 34.9 Å². The number of carbonyl (C=O) groups is 2. The average Bonchev–Trinajstić information content (AvgIpc) is 2.57. The van der Waals surface area contributed by atoms with Gasteiger partial charge in [-0.25, -0.2) is 0 Å². The van der Waals surface area contributed by atoms with E-state index in [2.05, 4.69) is 5.32 Å². The van der Waals surface area contributed by atoms with Gasteiger partial charge in [0.2, 0.25) is 0 Å². The Bertz CT molecular complexity index is 750. The number of nitrogens with one attached hydrogen (secondary N) is 1. The summed E-state index contributed by atoms with van der Waals surface area (Å²) in [6.07, 6.45) is 4.74. The number of rotatable bonds is 5. The molecule has 0 aromatic heterocycles. The summed E-state index contributed by atoms with van der Waals surface area (Å²) in [7, 11) is 0. The molecule has 1 amide bonds. The Kier molecular flexibility index (Phi) is 4.71. The molecule has 4 fully saturated rings. The van der Waals surface area contributed by atoms with Gasteiger partial charge >= 0.3 is 5.97 Å². The lowest BCUT2D eigenvalue weighted by molar-refractivity contribution is -0.196. The van der Waals surface area contributed by atoms with Crippen molar-refractivity contribution in [3.8, 4) is 0 Å². The minimum absolute atomic E-state index is 0.273. The second-order valence-electron chi connectivity index (χ2n) is 8.85. The van der Waals surface area contributed by atoms with E-state index in [9.17, 15) is 14.7 Å². The van der Waals surface area contributed by atoms with Crippen LogP contribution in [-0.4, -0.2) is 29.2 Å². The van der Waals surface area contributed by atoms with Crippen molar-refractivity contribution in [3.63, 3.8) is 0 Å². The van der Waals surface area contributed by atoms with E-state index in [-0.39, 0.29) is 24.5 Å². The first kappa shape index (κ1) is 18.8. The van der Waals surface area contributed by atoms with Crippen molar-refractivity contribution in [1.82, 2.24) is 5.32 Å². The van der Waals surface area contributed by atoms with Crippen LogP contribution in [-0.2, 0) is 14.3 Å². The zero-order chi connectivity index (χ0) is 19.2. The lowest BCUT2D eigenvalue weighted by atomic mass is 9.48. The Hall–Kier alpha value is -1.59. The zero-order valence-corrected chi connectivity index (χ0v) is 16.3. The molecule has 5 nitrogen and oxygen atoms in total. The van der Waals surface area contributed by atoms with Crippen molar-refractivity contribution in [2.24, 2.45) is 17.3 Å². The molecule has 0 aliphatic heterocycles. The second-order valence-corrected chi connectivity index (χ2v) is 9.26. The third-order valence-corrected chi connectivity index (χ3v) is 6.89. The maximum atomic E-state index is 12.8. The van der Waals surface area contributed by atoms with E-state index in [0.717, 1.165) is 37.7 Å². The van der Waals surface area contributed by atoms with Crippen LogP contribution in [0, 0.1) is 17.3 Å². The predicted octanol–water partition coefficient (Wildman–Crippen LogP) is 3.39.